The molecule has 2 N–H and O–H groups in total. The summed E-state index contributed by atoms with van der Waals surface area (Å²) in [6, 6.07) is 7.19. The molecule has 1 saturated heterocycles. The minimum Gasteiger partial charge on any atom is -0.326 e. The molecule has 2 aromatic rings. The average Bonchev–Trinajstić information content (AvgIpc) is 3.06. The van der Waals surface area contributed by atoms with Crippen LogP contribution in [0.25, 0.3) is 5.69 Å². The van der Waals surface area contributed by atoms with Gasteiger partial charge in [0.2, 0.25) is 5.91 Å². The summed E-state index contributed by atoms with van der Waals surface area (Å²) in [5.74, 6) is -0.195. The van der Waals surface area contributed by atoms with Crippen LogP contribution in [0.4, 0.5) is 18.9 Å². The van der Waals surface area contributed by atoms with E-state index in [9.17, 15) is 18.0 Å². The van der Waals surface area contributed by atoms with E-state index in [2.05, 4.69) is 15.7 Å². The predicted molar refractivity (Wildman–Crippen MR) is 94.6 cm³/mol. The summed E-state index contributed by atoms with van der Waals surface area (Å²) >= 11 is 0. The Kier molecular flexibility index (Phi) is 6.30. The summed E-state index contributed by atoms with van der Waals surface area (Å²) in [6.45, 7) is 2.88. The number of alkyl halides is 3. The van der Waals surface area contributed by atoms with Gasteiger partial charge in [-0.2, -0.15) is 18.3 Å². The van der Waals surface area contributed by atoms with E-state index in [0.717, 1.165) is 36.3 Å². The lowest BCUT2D eigenvalue weighted by Crippen LogP contribution is -2.44. The fraction of sp³-hybridized carbons (Fsp3) is 0.412. The first-order valence-electron chi connectivity index (χ1n) is 8.12. The van der Waals surface area contributed by atoms with Crippen LogP contribution >= 0.6 is 12.4 Å². The maximum absolute atomic E-state index is 12.9. The monoisotopic (exact) mass is 388 g/mol. The van der Waals surface area contributed by atoms with Gasteiger partial charge in [-0.15, -0.1) is 12.4 Å². The zero-order chi connectivity index (χ0) is 18.0. The van der Waals surface area contributed by atoms with E-state index in [1.807, 2.05) is 6.92 Å². The Morgan fingerprint density at radius 2 is 1.96 bits per heavy atom. The van der Waals surface area contributed by atoms with Crippen molar-refractivity contribution in [3.8, 4) is 5.69 Å². The maximum atomic E-state index is 12.9. The third-order valence-electron chi connectivity index (χ3n) is 4.41. The summed E-state index contributed by atoms with van der Waals surface area (Å²) < 4.78 is 39.6. The molecule has 2 heterocycles. The van der Waals surface area contributed by atoms with E-state index in [4.69, 9.17) is 0 Å². The van der Waals surface area contributed by atoms with Crippen LogP contribution in [-0.2, 0) is 11.0 Å². The summed E-state index contributed by atoms with van der Waals surface area (Å²) in [4.78, 5) is 12.4. The molecule has 0 radical (unpaired) electrons. The smallest absolute Gasteiger partial charge is 0.326 e. The Morgan fingerprint density at radius 1 is 1.27 bits per heavy atom. The molecular weight excluding hydrogens is 369 g/mol. The van der Waals surface area contributed by atoms with E-state index < -0.39 is 11.9 Å². The van der Waals surface area contributed by atoms with Crippen LogP contribution in [0.5, 0.6) is 0 Å². The number of halogens is 4. The lowest BCUT2D eigenvalue weighted by Gasteiger charge is -2.28. The fourth-order valence-electron chi connectivity index (χ4n) is 3.05. The Hall–Kier alpha value is -2.06. The van der Waals surface area contributed by atoms with E-state index in [-0.39, 0.29) is 36.0 Å². The molecule has 0 unspecified atom stereocenters. The number of benzene rings is 1. The number of rotatable bonds is 3. The summed E-state index contributed by atoms with van der Waals surface area (Å²) in [7, 11) is 0. The summed E-state index contributed by atoms with van der Waals surface area (Å²) in [5, 5.41) is 9.82. The molecule has 0 aliphatic carbocycles. The summed E-state index contributed by atoms with van der Waals surface area (Å²) in [5.41, 5.74) is -0.0124. The molecule has 5 nitrogen and oxygen atoms in total. The van der Waals surface area contributed by atoms with E-state index in [1.165, 1.54) is 12.1 Å². The largest absolute Gasteiger partial charge is 0.433 e. The van der Waals surface area contributed by atoms with Gasteiger partial charge in [0.05, 0.1) is 17.8 Å². The highest BCUT2D eigenvalue weighted by Crippen LogP contribution is 2.30. The van der Waals surface area contributed by atoms with Crippen LogP contribution in [0.2, 0.25) is 0 Å². The van der Waals surface area contributed by atoms with Gasteiger partial charge in [-0.05, 0) is 56.6 Å². The molecule has 3 rings (SSSR count). The number of carbonyl (C=O) groups is 1. The zero-order valence-corrected chi connectivity index (χ0v) is 14.9. The molecule has 26 heavy (non-hydrogen) atoms. The van der Waals surface area contributed by atoms with Gasteiger partial charge >= 0.3 is 6.18 Å². The molecule has 9 heteroatoms. The number of anilines is 1. The van der Waals surface area contributed by atoms with Crippen molar-refractivity contribution in [2.24, 2.45) is 5.92 Å². The molecule has 1 aromatic heterocycles. The minimum atomic E-state index is -4.48. The van der Waals surface area contributed by atoms with Crippen LogP contribution in [0.15, 0.2) is 36.5 Å². The van der Waals surface area contributed by atoms with Crippen LogP contribution < -0.4 is 10.6 Å². The quantitative estimate of drug-likeness (QED) is 0.844. The number of hydrogen-bond acceptors (Lipinski definition) is 3. The highest BCUT2D eigenvalue weighted by molar-refractivity contribution is 5.93. The molecule has 0 saturated carbocycles. The molecule has 1 aliphatic heterocycles. The molecule has 1 aliphatic rings. The van der Waals surface area contributed by atoms with Gasteiger partial charge in [-0.1, -0.05) is 0 Å². The number of carbonyl (C=O) groups excluding carboxylic acids is 1. The van der Waals surface area contributed by atoms with Crippen molar-refractivity contribution in [1.29, 1.82) is 0 Å². The Bertz CT molecular complexity index is 745. The van der Waals surface area contributed by atoms with Crippen molar-refractivity contribution in [2.75, 3.05) is 11.9 Å². The zero-order valence-electron chi connectivity index (χ0n) is 14.1. The van der Waals surface area contributed by atoms with Crippen LogP contribution in [0, 0.1) is 5.92 Å². The number of aromatic nitrogens is 2. The first-order chi connectivity index (χ1) is 11.9. The van der Waals surface area contributed by atoms with Crippen LogP contribution in [-0.4, -0.2) is 28.3 Å². The molecule has 1 fully saturated rings. The highest BCUT2D eigenvalue weighted by Gasteiger charge is 2.35. The molecule has 142 valence electrons. The number of nitrogens with zero attached hydrogens (tertiary/aromatic N) is 2. The number of piperidine rings is 1. The van der Waals surface area contributed by atoms with E-state index in [0.29, 0.717) is 5.69 Å². The molecule has 1 amide bonds. The Morgan fingerprint density at radius 3 is 2.58 bits per heavy atom. The molecule has 0 spiro atoms. The first kappa shape index (κ1) is 20.3. The predicted octanol–water partition coefficient (Wildman–Crippen LogP) is 3.64. The standard InChI is InChI=1S/C17H19F3N4O.ClH/c1-11-14(3-2-9-21-11)16(25)23-12-4-6-13(7-5-12)24-15(8-10-22-24)17(18,19)20;/h4-8,10-11,14,21H,2-3,9H2,1H3,(H,23,25);1H/t11-,14-;/m1./s1. The van der Waals surface area contributed by atoms with Gasteiger partial charge in [0, 0.05) is 11.7 Å². The number of nitrogens with one attached hydrogen (secondary N) is 2. The van der Waals surface area contributed by atoms with Gasteiger partial charge in [0.1, 0.15) is 5.69 Å². The van der Waals surface area contributed by atoms with Crippen molar-refractivity contribution in [3.63, 3.8) is 0 Å². The minimum absolute atomic E-state index is 0. The normalized spacial score (nSPS) is 20.3. The lowest BCUT2D eigenvalue weighted by atomic mass is 9.91. The number of hydrogen-bond donors (Lipinski definition) is 2. The second-order valence-corrected chi connectivity index (χ2v) is 6.15. The number of amides is 1. The van der Waals surface area contributed by atoms with Gasteiger partial charge in [-0.3, -0.25) is 4.79 Å². The third-order valence-corrected chi connectivity index (χ3v) is 4.41. The lowest BCUT2D eigenvalue weighted by molar-refractivity contribution is -0.142. The van der Waals surface area contributed by atoms with Crippen LogP contribution in [0.3, 0.4) is 0 Å². The second kappa shape index (κ2) is 8.09. The topological polar surface area (TPSA) is 59.0 Å². The maximum Gasteiger partial charge on any atom is 0.433 e. The van der Waals surface area contributed by atoms with Crippen molar-refractivity contribution in [3.05, 3.63) is 42.2 Å². The van der Waals surface area contributed by atoms with Gasteiger partial charge in [0.25, 0.3) is 0 Å². The van der Waals surface area contributed by atoms with Crippen molar-refractivity contribution >= 4 is 24.0 Å². The molecule has 0 bridgehead atoms. The Balaban J connectivity index is 0.00000243. The molecular formula is C17H20ClF3N4O. The van der Waals surface area contributed by atoms with Crippen molar-refractivity contribution in [2.45, 2.75) is 32.0 Å². The molecule has 1 aromatic carbocycles. The van der Waals surface area contributed by atoms with E-state index >= 15 is 0 Å². The van der Waals surface area contributed by atoms with Gasteiger partial charge in [0.15, 0.2) is 0 Å². The third kappa shape index (κ3) is 4.37. The Labute approximate surface area is 155 Å². The van der Waals surface area contributed by atoms with Gasteiger partial charge < -0.3 is 10.6 Å². The van der Waals surface area contributed by atoms with E-state index in [1.54, 1.807) is 12.1 Å². The fourth-order valence-corrected chi connectivity index (χ4v) is 3.05. The SMILES string of the molecule is C[C@H]1NCCC[C@H]1C(=O)Nc1ccc(-n2nccc2C(F)(F)F)cc1.Cl. The first-order valence-corrected chi connectivity index (χ1v) is 8.12. The second-order valence-electron chi connectivity index (χ2n) is 6.15. The van der Waals surface area contributed by atoms with Crippen LogP contribution in [0.1, 0.15) is 25.5 Å². The van der Waals surface area contributed by atoms with Gasteiger partial charge in [-0.25, -0.2) is 4.68 Å². The average molecular weight is 389 g/mol. The highest BCUT2D eigenvalue weighted by atomic mass is 35.5. The summed E-state index contributed by atoms with van der Waals surface area (Å²) in [6.07, 6.45) is -1.61. The van der Waals surface area contributed by atoms with Crippen molar-refractivity contribution in [1.82, 2.24) is 15.1 Å². The molecule has 2 atom stereocenters. The van der Waals surface area contributed by atoms with Crippen molar-refractivity contribution < 1.29 is 18.0 Å².